The molecule has 2 aliphatic rings. The van der Waals surface area contributed by atoms with E-state index in [2.05, 4.69) is 20.1 Å². The molecule has 0 aliphatic carbocycles. The average Bonchev–Trinajstić information content (AvgIpc) is 3.31. The largest absolute Gasteiger partial charge is 0.382 e. The van der Waals surface area contributed by atoms with Gasteiger partial charge < -0.3 is 9.63 Å². The molecule has 10 heteroatoms. The van der Waals surface area contributed by atoms with Crippen molar-refractivity contribution in [3.8, 4) is 5.69 Å². The van der Waals surface area contributed by atoms with Crippen molar-refractivity contribution in [3.63, 3.8) is 0 Å². The number of benzene rings is 1. The van der Waals surface area contributed by atoms with E-state index in [4.69, 9.17) is 4.52 Å². The standard InChI is InChI=1S/C16H14FN7O2/c1-16(2,25)13-20-15(26-21-13)22-8-19-12-9-5-3-4-6-10(9)23-11(24(12)22)7-18-14(23)17/h3-8,12,25H,1-2H3. The van der Waals surface area contributed by atoms with E-state index in [0.717, 1.165) is 5.56 Å². The Balaban J connectivity index is 1.64. The molecule has 9 nitrogen and oxygen atoms in total. The molecule has 0 radical (unpaired) electrons. The number of halogens is 1. The van der Waals surface area contributed by atoms with Crippen molar-refractivity contribution in [1.29, 1.82) is 0 Å². The van der Waals surface area contributed by atoms with Gasteiger partial charge in [-0.1, -0.05) is 23.4 Å². The molecule has 1 atom stereocenters. The van der Waals surface area contributed by atoms with Crippen LogP contribution in [0.5, 0.6) is 0 Å². The molecule has 1 N–H and O–H groups in total. The highest BCUT2D eigenvalue weighted by Crippen LogP contribution is 2.43. The molecule has 26 heavy (non-hydrogen) atoms. The Bertz CT molecular complexity index is 1040. The molecule has 0 saturated carbocycles. The topological polar surface area (TPSA) is 95.8 Å². The number of aromatic nitrogens is 4. The first-order chi connectivity index (χ1) is 12.4. The van der Waals surface area contributed by atoms with Gasteiger partial charge in [-0.15, -0.1) is 0 Å². The second-order valence-electron chi connectivity index (χ2n) is 6.57. The summed E-state index contributed by atoms with van der Waals surface area (Å²) in [7, 11) is 0. The molecular formula is C16H14FN7O2. The Morgan fingerprint density at radius 1 is 1.27 bits per heavy atom. The predicted molar refractivity (Wildman–Crippen MR) is 89.3 cm³/mol. The molecule has 0 saturated heterocycles. The Hall–Kier alpha value is -3.27. The second-order valence-corrected chi connectivity index (χ2v) is 6.57. The van der Waals surface area contributed by atoms with Gasteiger partial charge in [0.05, 0.1) is 11.9 Å². The lowest BCUT2D eigenvalue weighted by Gasteiger charge is -2.35. The average molecular weight is 355 g/mol. The van der Waals surface area contributed by atoms with Crippen LogP contribution in [-0.4, -0.2) is 31.1 Å². The highest BCUT2D eigenvalue weighted by Gasteiger charge is 2.41. The number of aliphatic hydroxyl groups is 1. The zero-order valence-electron chi connectivity index (χ0n) is 13.9. The minimum absolute atomic E-state index is 0.112. The van der Waals surface area contributed by atoms with E-state index >= 15 is 0 Å². The van der Waals surface area contributed by atoms with Crippen LogP contribution in [0.4, 0.5) is 16.2 Å². The van der Waals surface area contributed by atoms with E-state index in [0.29, 0.717) is 11.5 Å². The highest BCUT2D eigenvalue weighted by atomic mass is 19.1. The molecular weight excluding hydrogens is 341 g/mol. The summed E-state index contributed by atoms with van der Waals surface area (Å²) in [6, 6.07) is 7.52. The SMILES string of the molecule is CC(C)(O)c1noc(N2C=NC3c4ccccc4-n4c(cnc4F)N32)n1. The monoisotopic (exact) mass is 355 g/mol. The number of rotatable bonds is 2. The third kappa shape index (κ3) is 1.93. The molecule has 2 aromatic heterocycles. The van der Waals surface area contributed by atoms with Crippen molar-refractivity contribution in [2.45, 2.75) is 25.6 Å². The second kappa shape index (κ2) is 4.88. The van der Waals surface area contributed by atoms with Crippen LogP contribution in [0.3, 0.4) is 0 Å². The fraction of sp³-hybridized carbons (Fsp3) is 0.250. The molecule has 1 unspecified atom stereocenters. The van der Waals surface area contributed by atoms with Crippen LogP contribution >= 0.6 is 0 Å². The van der Waals surface area contributed by atoms with E-state index < -0.39 is 17.8 Å². The number of hydrazine groups is 1. The van der Waals surface area contributed by atoms with Crippen molar-refractivity contribution < 1.29 is 14.0 Å². The van der Waals surface area contributed by atoms with Gasteiger partial charge in [0.15, 0.2) is 12.0 Å². The third-order valence-corrected chi connectivity index (χ3v) is 4.33. The number of fused-ring (bicyclic) bond motifs is 6. The van der Waals surface area contributed by atoms with Gasteiger partial charge in [0.25, 0.3) is 6.08 Å². The van der Waals surface area contributed by atoms with Gasteiger partial charge in [-0.2, -0.15) is 14.4 Å². The Morgan fingerprint density at radius 3 is 2.85 bits per heavy atom. The summed E-state index contributed by atoms with van der Waals surface area (Å²) in [4.78, 5) is 12.5. The number of imidazole rings is 1. The van der Waals surface area contributed by atoms with Crippen LogP contribution in [0, 0.1) is 6.08 Å². The van der Waals surface area contributed by atoms with Crippen LogP contribution in [0.25, 0.3) is 5.69 Å². The van der Waals surface area contributed by atoms with E-state index in [1.807, 2.05) is 24.3 Å². The molecule has 0 bridgehead atoms. The maximum Gasteiger partial charge on any atom is 0.348 e. The zero-order valence-corrected chi connectivity index (χ0v) is 13.9. The van der Waals surface area contributed by atoms with Crippen molar-refractivity contribution in [1.82, 2.24) is 19.7 Å². The third-order valence-electron chi connectivity index (χ3n) is 4.33. The molecule has 2 aliphatic heterocycles. The molecule has 5 rings (SSSR count). The maximum atomic E-state index is 14.3. The lowest BCUT2D eigenvalue weighted by atomic mass is 10.1. The Kier molecular flexibility index (Phi) is 2.82. The highest BCUT2D eigenvalue weighted by molar-refractivity contribution is 5.84. The van der Waals surface area contributed by atoms with Gasteiger partial charge in [0.2, 0.25) is 5.82 Å². The van der Waals surface area contributed by atoms with Crippen LogP contribution < -0.4 is 10.0 Å². The van der Waals surface area contributed by atoms with Gasteiger partial charge in [0.1, 0.15) is 11.9 Å². The molecule has 0 fully saturated rings. The number of nitrogens with zero attached hydrogens (tertiary/aromatic N) is 7. The van der Waals surface area contributed by atoms with Gasteiger partial charge in [0, 0.05) is 5.56 Å². The number of para-hydroxylation sites is 1. The lowest BCUT2D eigenvalue weighted by molar-refractivity contribution is 0.0661. The molecule has 0 amide bonds. The summed E-state index contributed by atoms with van der Waals surface area (Å²) in [5.41, 5.74) is 0.249. The van der Waals surface area contributed by atoms with Gasteiger partial charge in [-0.25, -0.2) is 15.0 Å². The number of aliphatic imine (C=N–C) groups is 1. The Labute approximate surface area is 147 Å². The van der Waals surface area contributed by atoms with Crippen LogP contribution in [0.15, 0.2) is 40.0 Å². The maximum absolute atomic E-state index is 14.3. The number of hydrogen-bond donors (Lipinski definition) is 1. The number of hydrogen-bond acceptors (Lipinski definition) is 8. The lowest BCUT2D eigenvalue weighted by Crippen LogP contribution is -2.43. The summed E-state index contributed by atoms with van der Waals surface area (Å²) >= 11 is 0. The van der Waals surface area contributed by atoms with E-state index in [1.54, 1.807) is 18.9 Å². The van der Waals surface area contributed by atoms with Gasteiger partial charge in [-0.3, -0.25) is 4.57 Å². The fourth-order valence-electron chi connectivity index (χ4n) is 3.12. The molecule has 1 aromatic carbocycles. The zero-order chi connectivity index (χ0) is 18.1. The molecule has 4 heterocycles. The van der Waals surface area contributed by atoms with Gasteiger partial charge >= 0.3 is 6.01 Å². The minimum atomic E-state index is -1.25. The summed E-state index contributed by atoms with van der Waals surface area (Å²) in [5, 5.41) is 17.1. The number of anilines is 2. The van der Waals surface area contributed by atoms with Crippen molar-refractivity contribution in [2.24, 2.45) is 4.99 Å². The molecule has 132 valence electrons. The van der Waals surface area contributed by atoms with Crippen molar-refractivity contribution in [3.05, 3.63) is 47.9 Å². The van der Waals surface area contributed by atoms with Crippen molar-refractivity contribution in [2.75, 3.05) is 10.0 Å². The quantitative estimate of drug-likeness (QED) is 0.750. The Morgan fingerprint density at radius 2 is 2.08 bits per heavy atom. The predicted octanol–water partition coefficient (Wildman–Crippen LogP) is 1.90. The summed E-state index contributed by atoms with van der Waals surface area (Å²) in [6.07, 6.45) is 1.92. The molecule has 3 aromatic rings. The van der Waals surface area contributed by atoms with Crippen LogP contribution in [-0.2, 0) is 5.60 Å². The summed E-state index contributed by atoms with van der Waals surface area (Å²) in [6.45, 7) is 3.12. The van der Waals surface area contributed by atoms with E-state index in [-0.39, 0.29) is 11.8 Å². The summed E-state index contributed by atoms with van der Waals surface area (Å²) < 4.78 is 21.0. The van der Waals surface area contributed by atoms with E-state index in [1.165, 1.54) is 22.1 Å². The van der Waals surface area contributed by atoms with Crippen molar-refractivity contribution >= 4 is 18.2 Å². The summed E-state index contributed by atoms with van der Waals surface area (Å²) in [5.74, 6) is 0.619. The first-order valence-corrected chi connectivity index (χ1v) is 7.96. The van der Waals surface area contributed by atoms with Crippen LogP contribution in [0.2, 0.25) is 0 Å². The first-order valence-electron chi connectivity index (χ1n) is 7.96. The first kappa shape index (κ1) is 15.0. The smallest absolute Gasteiger partial charge is 0.348 e. The normalized spacial score (nSPS) is 18.1. The molecule has 0 spiro atoms. The van der Waals surface area contributed by atoms with E-state index in [9.17, 15) is 9.50 Å². The minimum Gasteiger partial charge on any atom is -0.382 e. The van der Waals surface area contributed by atoms with Crippen LogP contribution in [0.1, 0.15) is 31.4 Å². The van der Waals surface area contributed by atoms with Gasteiger partial charge in [-0.05, 0) is 19.9 Å². The fourth-order valence-corrected chi connectivity index (χ4v) is 3.12.